The highest BCUT2D eigenvalue weighted by molar-refractivity contribution is 6.08. The molecule has 6 atom stereocenters. The number of aliphatic hydroxyl groups excluding tert-OH is 3. The Morgan fingerprint density at radius 3 is 1.57 bits per heavy atom. The number of nitrogens with two attached hydrogens (primary N) is 3. The van der Waals surface area contributed by atoms with Crippen LogP contribution < -0.4 is 17.2 Å². The first-order chi connectivity index (χ1) is 22.6. The van der Waals surface area contributed by atoms with Crippen LogP contribution in [0, 0.1) is 5.92 Å². The highest BCUT2D eigenvalue weighted by Crippen LogP contribution is 2.36. The van der Waals surface area contributed by atoms with E-state index in [0.29, 0.717) is 12.8 Å². The van der Waals surface area contributed by atoms with Gasteiger partial charge in [-0.25, -0.2) is 0 Å². The van der Waals surface area contributed by atoms with Crippen LogP contribution in [0.5, 0.6) is 0 Å². The van der Waals surface area contributed by atoms with Crippen molar-refractivity contribution in [2.45, 2.75) is 185 Å². The number of nitrogens with zero attached hydrogens (tertiary/aromatic N) is 1. The van der Waals surface area contributed by atoms with Crippen molar-refractivity contribution in [3.05, 3.63) is 0 Å². The molecule has 1 unspecified atom stereocenters. The Hall–Kier alpha value is -1.47. The van der Waals surface area contributed by atoms with Gasteiger partial charge in [0.1, 0.15) is 24.2 Å². The first-order valence-electron chi connectivity index (χ1n) is 18.9. The topological polar surface area (TPSA) is 202 Å². The fraction of sp³-hybridized carbons (Fsp3) is 0.917. The second kappa shape index (κ2) is 25.5. The maximum Gasteiger partial charge on any atom is 0.225 e. The third kappa shape index (κ3) is 15.3. The lowest BCUT2D eigenvalue weighted by Gasteiger charge is -2.53. The van der Waals surface area contributed by atoms with Gasteiger partial charge in [-0.1, -0.05) is 136 Å². The van der Waals surface area contributed by atoms with Crippen LogP contribution >= 0.6 is 0 Å². The van der Waals surface area contributed by atoms with Gasteiger partial charge in [0.15, 0.2) is 11.6 Å². The van der Waals surface area contributed by atoms with Crippen molar-refractivity contribution in [2.24, 2.45) is 23.1 Å². The van der Waals surface area contributed by atoms with E-state index in [1.807, 2.05) is 0 Å². The zero-order valence-corrected chi connectivity index (χ0v) is 29.7. The van der Waals surface area contributed by atoms with Gasteiger partial charge in [0.05, 0.1) is 19.3 Å². The summed E-state index contributed by atoms with van der Waals surface area (Å²) < 4.78 is 5.94. The van der Waals surface area contributed by atoms with Crippen LogP contribution in [0.15, 0.2) is 0 Å². The van der Waals surface area contributed by atoms with Crippen LogP contribution in [0.3, 0.4) is 0 Å². The van der Waals surface area contributed by atoms with Crippen molar-refractivity contribution in [2.75, 3.05) is 19.7 Å². The number of ketones is 2. The van der Waals surface area contributed by atoms with Gasteiger partial charge < -0.3 is 36.4 Å². The predicted molar refractivity (Wildman–Crippen MR) is 186 cm³/mol. The number of amides is 1. The number of rotatable bonds is 29. The molecule has 0 aliphatic carbocycles. The molecule has 0 spiro atoms. The molecule has 0 bridgehead atoms. The Bertz CT molecular complexity index is 863. The molecule has 0 aromatic heterocycles. The summed E-state index contributed by atoms with van der Waals surface area (Å²) in [6, 6.07) is -1.72. The van der Waals surface area contributed by atoms with Crippen LogP contribution in [0.2, 0.25) is 0 Å². The van der Waals surface area contributed by atoms with Crippen LogP contribution in [0.4, 0.5) is 0 Å². The van der Waals surface area contributed by atoms with E-state index in [4.69, 9.17) is 21.9 Å². The molecule has 1 fully saturated rings. The minimum atomic E-state index is -2.23. The lowest BCUT2D eigenvalue weighted by Crippen LogP contribution is -2.76. The third-order valence-electron chi connectivity index (χ3n) is 9.65. The quantitative estimate of drug-likeness (QED) is 0.0380. The SMILES string of the molecule is CCCCCCCCCCCCCCN(C(=O)CCCCCCCCCCC)[C@]1(N)O[C@H](CO)[C@@H](O)[C@H](O)[C@H]1C(=O)C(N)C(=O)CN. The minimum absolute atomic E-state index is 0.148. The van der Waals surface area contributed by atoms with Crippen molar-refractivity contribution in [1.29, 1.82) is 0 Å². The van der Waals surface area contributed by atoms with E-state index in [-0.39, 0.29) is 18.9 Å². The fourth-order valence-electron chi connectivity index (χ4n) is 6.60. The van der Waals surface area contributed by atoms with E-state index >= 15 is 0 Å². The number of carbonyl (C=O) groups is 3. The molecule has 1 heterocycles. The van der Waals surface area contributed by atoms with Crippen molar-refractivity contribution in [3.8, 4) is 0 Å². The molecule has 11 heteroatoms. The van der Waals surface area contributed by atoms with Crippen LogP contribution in [-0.4, -0.2) is 87.6 Å². The Balaban J connectivity index is 2.96. The van der Waals surface area contributed by atoms with Gasteiger partial charge in [-0.2, -0.15) is 0 Å². The van der Waals surface area contributed by atoms with Crippen LogP contribution in [0.1, 0.15) is 155 Å². The number of unbranched alkanes of at least 4 members (excludes halogenated alkanes) is 19. The maximum atomic E-state index is 13.8. The minimum Gasteiger partial charge on any atom is -0.394 e. The van der Waals surface area contributed by atoms with E-state index in [2.05, 4.69) is 13.8 Å². The Labute approximate surface area is 284 Å². The van der Waals surface area contributed by atoms with E-state index in [0.717, 1.165) is 44.9 Å². The van der Waals surface area contributed by atoms with E-state index < -0.39 is 60.8 Å². The second-order valence-electron chi connectivity index (χ2n) is 13.6. The molecule has 1 amide bonds. The van der Waals surface area contributed by atoms with Gasteiger partial charge in [-0.3, -0.25) is 20.1 Å². The molecule has 1 aliphatic heterocycles. The van der Waals surface area contributed by atoms with Gasteiger partial charge in [0.25, 0.3) is 0 Å². The number of hydrogen-bond acceptors (Lipinski definition) is 10. The monoisotopic (exact) mass is 671 g/mol. The maximum absolute atomic E-state index is 13.8. The highest BCUT2D eigenvalue weighted by Gasteiger charge is 2.59. The average Bonchev–Trinajstić information content (AvgIpc) is 3.06. The Kier molecular flexibility index (Phi) is 23.6. The third-order valence-corrected chi connectivity index (χ3v) is 9.65. The fourth-order valence-corrected chi connectivity index (χ4v) is 6.60. The molecule has 1 saturated heterocycles. The molecule has 0 aromatic rings. The van der Waals surface area contributed by atoms with Crippen molar-refractivity contribution in [1.82, 2.24) is 4.90 Å². The number of carbonyl (C=O) groups excluding carboxylic acids is 3. The molecular formula is C36H70N4O7. The summed E-state index contributed by atoms with van der Waals surface area (Å²) >= 11 is 0. The Morgan fingerprint density at radius 2 is 1.15 bits per heavy atom. The van der Waals surface area contributed by atoms with Gasteiger partial charge in [0.2, 0.25) is 11.8 Å². The van der Waals surface area contributed by atoms with Gasteiger partial charge >= 0.3 is 0 Å². The first-order valence-corrected chi connectivity index (χ1v) is 18.9. The normalized spacial score (nSPS) is 23.5. The summed E-state index contributed by atoms with van der Waals surface area (Å²) in [5.74, 6) is -6.05. The lowest BCUT2D eigenvalue weighted by atomic mass is 9.79. The molecule has 11 nitrogen and oxygen atoms in total. The van der Waals surface area contributed by atoms with Crippen molar-refractivity contribution >= 4 is 17.5 Å². The molecule has 1 aliphatic rings. The number of Topliss-reactive ketones (excluding diaryl/α,β-unsaturated/α-hetero) is 2. The molecule has 0 radical (unpaired) electrons. The summed E-state index contributed by atoms with van der Waals surface area (Å²) in [4.78, 5) is 41.0. The summed E-state index contributed by atoms with van der Waals surface area (Å²) in [5, 5.41) is 31.7. The number of hydrogen-bond donors (Lipinski definition) is 6. The van der Waals surface area contributed by atoms with Crippen LogP contribution in [0.25, 0.3) is 0 Å². The van der Waals surface area contributed by atoms with E-state index in [9.17, 15) is 29.7 Å². The molecular weight excluding hydrogens is 600 g/mol. The zero-order chi connectivity index (χ0) is 35.1. The van der Waals surface area contributed by atoms with Crippen molar-refractivity contribution in [3.63, 3.8) is 0 Å². The standard InChI is InChI=1S/C36H70N4O7/c1-3-5-7-9-11-13-14-15-17-19-21-23-25-40(30(43)24-22-20-18-16-12-10-8-6-4-2)36(39)31(34(45)32(38)28(42)26-37)35(46)33(44)29(27-41)47-36/h29,31-33,35,41,44,46H,3-27,37-39H2,1-2H3/t29-,31-,32?,33-,35-,36+/m1/s1. The van der Waals surface area contributed by atoms with E-state index in [1.54, 1.807) is 0 Å². The van der Waals surface area contributed by atoms with Gasteiger partial charge in [-0.15, -0.1) is 0 Å². The Morgan fingerprint density at radius 1 is 0.723 bits per heavy atom. The largest absolute Gasteiger partial charge is 0.394 e. The molecule has 276 valence electrons. The molecule has 47 heavy (non-hydrogen) atoms. The predicted octanol–water partition coefficient (Wildman–Crippen LogP) is 4.20. The summed E-state index contributed by atoms with van der Waals surface area (Å²) in [6.45, 7) is 3.36. The summed E-state index contributed by atoms with van der Waals surface area (Å²) in [6.07, 6.45) is 18.5. The first kappa shape index (κ1) is 43.6. The molecule has 1 rings (SSSR count). The van der Waals surface area contributed by atoms with Crippen molar-refractivity contribution < 1.29 is 34.4 Å². The lowest BCUT2D eigenvalue weighted by molar-refractivity contribution is -0.291. The summed E-state index contributed by atoms with van der Waals surface area (Å²) in [7, 11) is 0. The van der Waals surface area contributed by atoms with Crippen LogP contribution in [-0.2, 0) is 19.1 Å². The van der Waals surface area contributed by atoms with E-state index in [1.165, 1.54) is 81.9 Å². The number of ether oxygens (including phenoxy) is 1. The van der Waals surface area contributed by atoms with Gasteiger partial charge in [0, 0.05) is 13.0 Å². The smallest absolute Gasteiger partial charge is 0.225 e. The molecule has 9 N–H and O–H groups in total. The average molecular weight is 671 g/mol. The zero-order valence-electron chi connectivity index (χ0n) is 29.7. The summed E-state index contributed by atoms with van der Waals surface area (Å²) in [5.41, 5.74) is 18.1. The molecule has 0 aromatic carbocycles. The second-order valence-corrected chi connectivity index (χ2v) is 13.6. The molecule has 0 saturated carbocycles. The van der Waals surface area contributed by atoms with Gasteiger partial charge in [-0.05, 0) is 12.8 Å². The highest BCUT2D eigenvalue weighted by atomic mass is 16.6. The number of aliphatic hydroxyl groups is 3.